The van der Waals surface area contributed by atoms with Crippen LogP contribution in [0.5, 0.6) is 17.2 Å². The van der Waals surface area contributed by atoms with Gasteiger partial charge in [-0.15, -0.1) is 0 Å². The molecule has 0 aromatic heterocycles. The van der Waals surface area contributed by atoms with Gasteiger partial charge in [-0.25, -0.2) is 0 Å². The van der Waals surface area contributed by atoms with Gasteiger partial charge in [0.15, 0.2) is 11.5 Å². The number of ether oxygens (including phenoxy) is 4. The van der Waals surface area contributed by atoms with Crippen LogP contribution in [0.3, 0.4) is 0 Å². The van der Waals surface area contributed by atoms with Gasteiger partial charge in [-0.2, -0.15) is 0 Å². The predicted octanol–water partition coefficient (Wildman–Crippen LogP) is 3.23. The Morgan fingerprint density at radius 2 is 1.86 bits per heavy atom. The number of aliphatic imine (C=N–C) groups is 1. The monoisotopic (exact) mass is 381 g/mol. The molecule has 28 heavy (non-hydrogen) atoms. The van der Waals surface area contributed by atoms with Crippen molar-refractivity contribution in [2.24, 2.45) is 10.9 Å². The number of fused-ring (bicyclic) bond motifs is 1. The molecule has 0 fully saturated rings. The maximum absolute atomic E-state index is 12.8. The fourth-order valence-corrected chi connectivity index (χ4v) is 3.72. The molecule has 6 nitrogen and oxygen atoms in total. The van der Waals surface area contributed by atoms with Crippen molar-refractivity contribution in [3.63, 3.8) is 0 Å². The number of carbonyl (C=O) groups excluding carboxylic acids is 1. The van der Waals surface area contributed by atoms with Crippen LogP contribution in [0.15, 0.2) is 47.5 Å². The topological polar surface area (TPSA) is 66.4 Å². The Hall–Kier alpha value is -3.02. The van der Waals surface area contributed by atoms with E-state index in [0.29, 0.717) is 32.1 Å². The number of esters is 1. The van der Waals surface area contributed by atoms with E-state index in [1.54, 1.807) is 7.11 Å². The zero-order valence-corrected chi connectivity index (χ0v) is 16.0. The molecule has 0 bridgehead atoms. The number of rotatable bonds is 5. The van der Waals surface area contributed by atoms with Crippen molar-refractivity contribution in [2.75, 3.05) is 33.5 Å². The number of nitrogens with zero attached hydrogens (tertiary/aromatic N) is 1. The van der Waals surface area contributed by atoms with E-state index in [1.165, 1.54) is 0 Å². The number of methoxy groups -OCH3 is 1. The third-order valence-electron chi connectivity index (χ3n) is 5.08. The van der Waals surface area contributed by atoms with Gasteiger partial charge in [-0.1, -0.05) is 6.07 Å². The van der Waals surface area contributed by atoms with Crippen molar-refractivity contribution >= 4 is 11.7 Å². The maximum Gasteiger partial charge on any atom is 0.315 e. The van der Waals surface area contributed by atoms with Crippen LogP contribution in [0.4, 0.5) is 0 Å². The maximum atomic E-state index is 12.8. The van der Waals surface area contributed by atoms with E-state index < -0.39 is 5.92 Å². The third-order valence-corrected chi connectivity index (χ3v) is 5.08. The van der Waals surface area contributed by atoms with Crippen LogP contribution in [0, 0.1) is 5.92 Å². The second kappa shape index (κ2) is 7.92. The Kier molecular flexibility index (Phi) is 5.19. The van der Waals surface area contributed by atoms with Gasteiger partial charge in [0.1, 0.15) is 24.9 Å². The standard InChI is InChI=1S/C22H23NO5/c1-3-26-22(24)20-17(15-6-9-18-19(12-15)28-11-10-27-18)13-23-21(20)14-4-7-16(25-2)8-5-14/h4-9,12,17,20H,3,10-11,13H2,1-2H3. The summed E-state index contributed by atoms with van der Waals surface area (Å²) in [6.07, 6.45) is 0. The number of hydrogen-bond acceptors (Lipinski definition) is 6. The molecule has 0 aliphatic carbocycles. The second-order valence-electron chi connectivity index (χ2n) is 6.69. The summed E-state index contributed by atoms with van der Waals surface area (Å²) < 4.78 is 21.9. The van der Waals surface area contributed by atoms with E-state index in [1.807, 2.05) is 49.4 Å². The van der Waals surface area contributed by atoms with E-state index in [-0.39, 0.29) is 11.9 Å². The lowest BCUT2D eigenvalue weighted by Gasteiger charge is -2.23. The second-order valence-corrected chi connectivity index (χ2v) is 6.69. The van der Waals surface area contributed by atoms with Crippen LogP contribution in [0.25, 0.3) is 0 Å². The highest BCUT2D eigenvalue weighted by atomic mass is 16.6. The summed E-state index contributed by atoms with van der Waals surface area (Å²) in [7, 11) is 1.63. The van der Waals surface area contributed by atoms with Gasteiger partial charge < -0.3 is 18.9 Å². The molecule has 2 aromatic carbocycles. The number of hydrogen-bond donors (Lipinski definition) is 0. The molecule has 2 aliphatic heterocycles. The predicted molar refractivity (Wildman–Crippen MR) is 105 cm³/mol. The fourth-order valence-electron chi connectivity index (χ4n) is 3.72. The molecule has 0 N–H and O–H groups in total. The zero-order chi connectivity index (χ0) is 19.5. The lowest BCUT2D eigenvalue weighted by Crippen LogP contribution is -2.29. The molecule has 146 valence electrons. The lowest BCUT2D eigenvalue weighted by molar-refractivity contribution is -0.145. The van der Waals surface area contributed by atoms with Crippen molar-refractivity contribution in [3.8, 4) is 17.2 Å². The fraction of sp³-hybridized carbons (Fsp3) is 0.364. The Morgan fingerprint density at radius 3 is 2.57 bits per heavy atom. The number of benzene rings is 2. The van der Waals surface area contributed by atoms with Crippen molar-refractivity contribution < 1.29 is 23.7 Å². The minimum atomic E-state index is -0.462. The van der Waals surface area contributed by atoms with Gasteiger partial charge in [0, 0.05) is 12.5 Å². The molecule has 2 unspecified atom stereocenters. The van der Waals surface area contributed by atoms with Crippen LogP contribution >= 0.6 is 0 Å². The van der Waals surface area contributed by atoms with E-state index in [0.717, 1.165) is 28.3 Å². The minimum absolute atomic E-state index is 0.105. The van der Waals surface area contributed by atoms with Crippen molar-refractivity contribution in [3.05, 3.63) is 53.6 Å². The smallest absolute Gasteiger partial charge is 0.315 e. The molecule has 0 saturated carbocycles. The van der Waals surface area contributed by atoms with Crippen molar-refractivity contribution in [1.29, 1.82) is 0 Å². The van der Waals surface area contributed by atoms with Crippen molar-refractivity contribution in [2.45, 2.75) is 12.8 Å². The summed E-state index contributed by atoms with van der Waals surface area (Å²) in [6, 6.07) is 13.4. The first-order valence-electron chi connectivity index (χ1n) is 9.46. The van der Waals surface area contributed by atoms with Crippen LogP contribution in [-0.4, -0.2) is 45.2 Å². The van der Waals surface area contributed by atoms with Gasteiger partial charge in [-0.3, -0.25) is 9.79 Å². The van der Waals surface area contributed by atoms with E-state index in [4.69, 9.17) is 23.9 Å². The Bertz CT molecular complexity index is 890. The first-order valence-corrected chi connectivity index (χ1v) is 9.46. The SMILES string of the molecule is CCOC(=O)C1C(c2ccc(OC)cc2)=NCC1c1ccc2c(c1)OCCO2. The van der Waals surface area contributed by atoms with E-state index >= 15 is 0 Å². The first kappa shape index (κ1) is 18.3. The molecule has 0 radical (unpaired) electrons. The van der Waals surface area contributed by atoms with Crippen LogP contribution in [-0.2, 0) is 9.53 Å². The highest BCUT2D eigenvalue weighted by Crippen LogP contribution is 2.39. The molecular formula is C22H23NO5. The van der Waals surface area contributed by atoms with Crippen LogP contribution in [0.1, 0.15) is 24.0 Å². The molecule has 0 spiro atoms. The molecule has 6 heteroatoms. The molecule has 2 atom stereocenters. The Labute approximate surface area is 164 Å². The summed E-state index contributed by atoms with van der Waals surface area (Å²) >= 11 is 0. The molecule has 0 saturated heterocycles. The summed E-state index contributed by atoms with van der Waals surface area (Å²) in [5, 5.41) is 0. The first-order chi connectivity index (χ1) is 13.7. The Balaban J connectivity index is 1.67. The summed E-state index contributed by atoms with van der Waals surface area (Å²) in [6.45, 7) is 3.74. The van der Waals surface area contributed by atoms with E-state index in [9.17, 15) is 4.79 Å². The van der Waals surface area contributed by atoms with Gasteiger partial charge in [0.25, 0.3) is 0 Å². The van der Waals surface area contributed by atoms with Gasteiger partial charge in [0.2, 0.25) is 0 Å². The average molecular weight is 381 g/mol. The normalized spacial score (nSPS) is 20.4. The van der Waals surface area contributed by atoms with Gasteiger partial charge in [-0.05, 0) is 54.4 Å². The largest absolute Gasteiger partial charge is 0.497 e. The van der Waals surface area contributed by atoms with Crippen molar-refractivity contribution in [1.82, 2.24) is 0 Å². The van der Waals surface area contributed by atoms with Gasteiger partial charge in [0.05, 0.1) is 19.4 Å². The average Bonchev–Trinajstić information content (AvgIpc) is 3.19. The summed E-state index contributed by atoms with van der Waals surface area (Å²) in [5.74, 6) is 1.39. The summed E-state index contributed by atoms with van der Waals surface area (Å²) in [5.41, 5.74) is 2.65. The third kappa shape index (κ3) is 3.42. The van der Waals surface area contributed by atoms with Crippen LogP contribution in [0.2, 0.25) is 0 Å². The highest BCUT2D eigenvalue weighted by molar-refractivity contribution is 6.13. The molecule has 2 aliphatic rings. The number of carbonyl (C=O) groups is 1. The molecule has 0 amide bonds. The molecule has 2 heterocycles. The van der Waals surface area contributed by atoms with Crippen LogP contribution < -0.4 is 14.2 Å². The highest BCUT2D eigenvalue weighted by Gasteiger charge is 2.40. The minimum Gasteiger partial charge on any atom is -0.497 e. The molecule has 4 rings (SSSR count). The van der Waals surface area contributed by atoms with Gasteiger partial charge >= 0.3 is 5.97 Å². The zero-order valence-electron chi connectivity index (χ0n) is 16.0. The quantitative estimate of drug-likeness (QED) is 0.744. The summed E-state index contributed by atoms with van der Waals surface area (Å²) in [4.78, 5) is 17.6. The molecule has 2 aromatic rings. The van der Waals surface area contributed by atoms with E-state index in [2.05, 4.69) is 0 Å². The Morgan fingerprint density at radius 1 is 1.11 bits per heavy atom. The molecular weight excluding hydrogens is 358 g/mol. The lowest BCUT2D eigenvalue weighted by atomic mass is 9.83.